The summed E-state index contributed by atoms with van der Waals surface area (Å²) in [7, 11) is -2.01. The van der Waals surface area contributed by atoms with E-state index in [1.54, 1.807) is 13.1 Å². The molecule has 2 atom stereocenters. The third-order valence-electron chi connectivity index (χ3n) is 4.19. The highest BCUT2D eigenvalue weighted by Gasteiger charge is 2.34. The molecule has 5 nitrogen and oxygen atoms in total. The van der Waals surface area contributed by atoms with Crippen LogP contribution in [0.1, 0.15) is 38.3 Å². The predicted molar refractivity (Wildman–Crippen MR) is 86.5 cm³/mol. The fourth-order valence-corrected chi connectivity index (χ4v) is 4.82. The van der Waals surface area contributed by atoms with Crippen molar-refractivity contribution in [2.24, 2.45) is 11.7 Å². The summed E-state index contributed by atoms with van der Waals surface area (Å²) in [5, 5.41) is 0. The largest absolute Gasteiger partial charge is 0.388 e. The highest BCUT2D eigenvalue weighted by molar-refractivity contribution is 7.89. The van der Waals surface area contributed by atoms with Gasteiger partial charge in [0.25, 0.3) is 0 Å². The van der Waals surface area contributed by atoms with Crippen molar-refractivity contribution in [1.82, 2.24) is 9.29 Å². The second-order valence-corrected chi connectivity index (χ2v) is 7.97. The summed E-state index contributed by atoms with van der Waals surface area (Å²) in [6.07, 6.45) is 5.66. The van der Waals surface area contributed by atoms with Gasteiger partial charge in [0, 0.05) is 19.3 Å². The monoisotopic (exact) mass is 327 g/mol. The molecule has 1 aliphatic carbocycles. The Morgan fingerprint density at radius 1 is 1.43 bits per heavy atom. The Morgan fingerprint density at radius 2 is 2.10 bits per heavy atom. The summed E-state index contributed by atoms with van der Waals surface area (Å²) >= 11 is 4.92. The van der Waals surface area contributed by atoms with Crippen LogP contribution in [0.2, 0.25) is 0 Å². The average Bonchev–Trinajstić information content (AvgIpc) is 2.47. The third kappa shape index (κ3) is 3.25. The molecule has 1 aliphatic rings. The molecule has 21 heavy (non-hydrogen) atoms. The smallest absolute Gasteiger partial charge is 0.245 e. The number of hydrogen-bond donors (Lipinski definition) is 1. The quantitative estimate of drug-likeness (QED) is 0.855. The minimum absolute atomic E-state index is 0.000678. The maximum absolute atomic E-state index is 12.9. The zero-order valence-electron chi connectivity index (χ0n) is 12.3. The van der Waals surface area contributed by atoms with Gasteiger partial charge in [-0.2, -0.15) is 4.31 Å². The molecule has 2 N–H and O–H groups in total. The third-order valence-corrected chi connectivity index (χ3v) is 6.30. The molecule has 0 aliphatic heterocycles. The number of sulfonamides is 1. The first-order valence-electron chi connectivity index (χ1n) is 7.08. The van der Waals surface area contributed by atoms with Crippen LogP contribution in [0.5, 0.6) is 0 Å². The van der Waals surface area contributed by atoms with Crippen LogP contribution in [0, 0.1) is 5.92 Å². The van der Waals surface area contributed by atoms with Crippen molar-refractivity contribution in [3.05, 3.63) is 24.0 Å². The maximum atomic E-state index is 12.9. The highest BCUT2D eigenvalue weighted by atomic mass is 32.2. The van der Waals surface area contributed by atoms with Gasteiger partial charge in [0.1, 0.15) is 15.6 Å². The molecule has 0 aromatic carbocycles. The van der Waals surface area contributed by atoms with E-state index in [0.29, 0.717) is 5.92 Å². The van der Waals surface area contributed by atoms with Crippen LogP contribution in [0.25, 0.3) is 0 Å². The Hall–Kier alpha value is -1.05. The predicted octanol–water partition coefficient (Wildman–Crippen LogP) is 1.92. The first-order chi connectivity index (χ1) is 9.85. The van der Waals surface area contributed by atoms with E-state index in [0.717, 1.165) is 25.7 Å². The summed E-state index contributed by atoms with van der Waals surface area (Å²) in [6, 6.07) is 3.12. The lowest BCUT2D eigenvalue weighted by Gasteiger charge is -2.35. The van der Waals surface area contributed by atoms with Crippen molar-refractivity contribution in [2.75, 3.05) is 7.05 Å². The lowest BCUT2D eigenvalue weighted by molar-refractivity contribution is 0.213. The number of nitrogens with zero attached hydrogens (tertiary/aromatic N) is 2. The molecule has 0 bridgehead atoms. The lowest BCUT2D eigenvalue weighted by atomic mass is 9.86. The van der Waals surface area contributed by atoms with E-state index in [-0.39, 0.29) is 21.6 Å². The van der Waals surface area contributed by atoms with Crippen molar-refractivity contribution in [2.45, 2.75) is 43.5 Å². The van der Waals surface area contributed by atoms with Gasteiger partial charge >= 0.3 is 0 Å². The van der Waals surface area contributed by atoms with E-state index in [9.17, 15) is 8.42 Å². The van der Waals surface area contributed by atoms with Crippen LogP contribution in [0.3, 0.4) is 0 Å². The molecule has 116 valence electrons. The van der Waals surface area contributed by atoms with Crippen LogP contribution in [-0.2, 0) is 10.0 Å². The van der Waals surface area contributed by atoms with Crippen LogP contribution in [0.15, 0.2) is 23.2 Å². The van der Waals surface area contributed by atoms with Crippen LogP contribution in [0.4, 0.5) is 0 Å². The minimum Gasteiger partial charge on any atom is -0.388 e. The molecule has 1 heterocycles. The normalized spacial score (nSPS) is 23.2. The number of hydrogen-bond acceptors (Lipinski definition) is 4. The Balaban J connectivity index is 2.40. The fourth-order valence-electron chi connectivity index (χ4n) is 2.95. The van der Waals surface area contributed by atoms with E-state index in [4.69, 9.17) is 18.0 Å². The molecule has 0 radical (unpaired) electrons. The first kappa shape index (κ1) is 16.3. The van der Waals surface area contributed by atoms with Crippen LogP contribution < -0.4 is 5.73 Å². The van der Waals surface area contributed by atoms with Gasteiger partial charge in [-0.3, -0.25) is 4.98 Å². The van der Waals surface area contributed by atoms with Crippen LogP contribution in [-0.4, -0.2) is 35.8 Å². The molecule has 1 saturated carbocycles. The van der Waals surface area contributed by atoms with Gasteiger partial charge in [-0.15, -0.1) is 0 Å². The Kier molecular flexibility index (Phi) is 4.95. The molecule has 0 saturated heterocycles. The molecular weight excluding hydrogens is 306 g/mol. The second kappa shape index (κ2) is 6.37. The molecule has 1 fully saturated rings. The Bertz CT molecular complexity index is 631. The number of aromatic nitrogens is 1. The van der Waals surface area contributed by atoms with E-state index in [1.807, 2.05) is 0 Å². The van der Waals surface area contributed by atoms with Crippen molar-refractivity contribution >= 4 is 27.2 Å². The number of nitrogens with two attached hydrogens (primary N) is 1. The summed E-state index contributed by atoms with van der Waals surface area (Å²) in [4.78, 5) is 4.11. The Morgan fingerprint density at radius 3 is 2.71 bits per heavy atom. The summed E-state index contributed by atoms with van der Waals surface area (Å²) in [6.45, 7) is 2.10. The van der Waals surface area contributed by atoms with Crippen molar-refractivity contribution in [3.63, 3.8) is 0 Å². The zero-order chi connectivity index (χ0) is 15.6. The maximum Gasteiger partial charge on any atom is 0.245 e. The minimum atomic E-state index is -3.64. The molecule has 7 heteroatoms. The number of rotatable bonds is 4. The molecule has 0 amide bonds. The highest BCUT2D eigenvalue weighted by Crippen LogP contribution is 2.31. The lowest BCUT2D eigenvalue weighted by Crippen LogP contribution is -2.43. The summed E-state index contributed by atoms with van der Waals surface area (Å²) in [5.74, 6) is 0.350. The van der Waals surface area contributed by atoms with Gasteiger partial charge in [0.15, 0.2) is 0 Å². The molecule has 0 spiro atoms. The SMILES string of the molecule is CC1CCCCC1N(C)S(=O)(=O)c1cccnc1C(N)=S. The van der Waals surface area contributed by atoms with Crippen molar-refractivity contribution < 1.29 is 8.42 Å². The first-order valence-corrected chi connectivity index (χ1v) is 8.93. The molecule has 1 aromatic heterocycles. The second-order valence-electron chi connectivity index (χ2n) is 5.56. The van der Waals surface area contributed by atoms with Gasteiger partial charge in [0.05, 0.1) is 0 Å². The molecule has 2 rings (SSSR count). The van der Waals surface area contributed by atoms with Crippen LogP contribution >= 0.6 is 12.2 Å². The standard InChI is InChI=1S/C14H21N3O2S2/c1-10-6-3-4-7-11(10)17(2)21(18,19)12-8-5-9-16-13(12)14(15)20/h5,8-11H,3-4,6-7H2,1-2H3,(H2,15,20). The molecule has 2 unspecified atom stereocenters. The Labute approximate surface area is 131 Å². The number of pyridine rings is 1. The topological polar surface area (TPSA) is 76.3 Å². The van der Waals surface area contributed by atoms with Crippen molar-refractivity contribution in [1.29, 1.82) is 0 Å². The van der Waals surface area contributed by atoms with E-state index >= 15 is 0 Å². The van der Waals surface area contributed by atoms with Gasteiger partial charge in [-0.25, -0.2) is 8.42 Å². The number of thiocarbonyl (C=S) groups is 1. The summed E-state index contributed by atoms with van der Waals surface area (Å²) < 4.78 is 27.2. The van der Waals surface area contributed by atoms with E-state index < -0.39 is 10.0 Å². The zero-order valence-corrected chi connectivity index (χ0v) is 14.0. The van der Waals surface area contributed by atoms with Gasteiger partial charge in [-0.05, 0) is 30.9 Å². The average molecular weight is 327 g/mol. The van der Waals surface area contributed by atoms with Gasteiger partial charge < -0.3 is 5.73 Å². The fraction of sp³-hybridized carbons (Fsp3) is 0.571. The van der Waals surface area contributed by atoms with E-state index in [2.05, 4.69) is 11.9 Å². The summed E-state index contributed by atoms with van der Waals surface area (Å²) in [5.41, 5.74) is 5.77. The van der Waals surface area contributed by atoms with Gasteiger partial charge in [0.2, 0.25) is 10.0 Å². The van der Waals surface area contributed by atoms with Crippen molar-refractivity contribution in [3.8, 4) is 0 Å². The molecular formula is C14H21N3O2S2. The molecule has 1 aromatic rings. The van der Waals surface area contributed by atoms with E-state index in [1.165, 1.54) is 16.6 Å². The van der Waals surface area contributed by atoms with Gasteiger partial charge in [-0.1, -0.05) is 32.0 Å².